The molecule has 1 aromatic carbocycles. The second-order valence-corrected chi connectivity index (χ2v) is 6.28. The van der Waals surface area contributed by atoms with Gasteiger partial charge in [-0.3, -0.25) is 4.79 Å². The maximum absolute atomic E-state index is 12.0. The zero-order chi connectivity index (χ0) is 16.1. The van der Waals surface area contributed by atoms with E-state index in [2.05, 4.69) is 10.4 Å². The first-order valence-corrected chi connectivity index (χ1v) is 7.88. The van der Waals surface area contributed by atoms with Gasteiger partial charge in [0.25, 0.3) is 0 Å². The van der Waals surface area contributed by atoms with Gasteiger partial charge in [0.05, 0.1) is 18.3 Å². The fraction of sp³-hybridized carbons (Fsp3) is 0.467. The van der Waals surface area contributed by atoms with Crippen LogP contribution in [0.4, 0.5) is 0 Å². The first-order valence-electron chi connectivity index (χ1n) is 7.47. The van der Waals surface area contributed by atoms with Gasteiger partial charge >= 0.3 is 0 Å². The third kappa shape index (κ3) is 2.25. The lowest BCUT2D eigenvalue weighted by atomic mass is 10.0. The van der Waals surface area contributed by atoms with Gasteiger partial charge in [-0.05, 0) is 53.7 Å². The number of rotatable bonds is 2. The highest BCUT2D eigenvalue weighted by atomic mass is 32.1. The minimum Gasteiger partial charge on any atom is -0.343 e. The number of ether oxygens (including phenoxy) is 2. The summed E-state index contributed by atoms with van der Waals surface area (Å²) in [6.07, 6.45) is -0.637. The molecule has 4 rings (SSSR count). The van der Waals surface area contributed by atoms with Crippen LogP contribution < -0.4 is 0 Å². The number of fused-ring (bicyclic) bond motifs is 2. The Hall–Kier alpha value is -1.90. The lowest BCUT2D eigenvalue weighted by Gasteiger charge is -2.25. The number of benzene rings is 1. The molecule has 2 aliphatic heterocycles. The molecule has 0 spiro atoms. The molecule has 2 bridgehead atoms. The van der Waals surface area contributed by atoms with Crippen molar-refractivity contribution in [3.63, 3.8) is 0 Å². The molecule has 0 amide bonds. The van der Waals surface area contributed by atoms with Crippen LogP contribution in [0.25, 0.3) is 5.69 Å². The summed E-state index contributed by atoms with van der Waals surface area (Å²) in [5.41, 5.74) is 3.14. The number of tetrazole rings is 1. The van der Waals surface area contributed by atoms with Crippen molar-refractivity contribution in [2.24, 2.45) is 0 Å². The summed E-state index contributed by atoms with van der Waals surface area (Å²) >= 11 is 5.54. The molecule has 2 aliphatic rings. The minimum absolute atomic E-state index is 0.0769. The van der Waals surface area contributed by atoms with Crippen LogP contribution >= 0.6 is 12.2 Å². The maximum Gasteiger partial charge on any atom is 0.221 e. The van der Waals surface area contributed by atoms with Crippen LogP contribution in [-0.4, -0.2) is 44.6 Å². The molecular weight excluding hydrogens is 316 g/mol. The Morgan fingerprint density at radius 2 is 2.13 bits per heavy atom. The second-order valence-electron chi connectivity index (χ2n) is 5.91. The maximum atomic E-state index is 12.0. The highest BCUT2D eigenvalue weighted by Crippen LogP contribution is 2.32. The molecule has 0 aliphatic carbocycles. The van der Waals surface area contributed by atoms with Crippen LogP contribution in [0.5, 0.6) is 0 Å². The summed E-state index contributed by atoms with van der Waals surface area (Å²) in [7, 11) is 0. The Labute approximate surface area is 137 Å². The van der Waals surface area contributed by atoms with Crippen LogP contribution in [0.2, 0.25) is 0 Å². The van der Waals surface area contributed by atoms with Gasteiger partial charge in [-0.2, -0.15) is 4.68 Å². The van der Waals surface area contributed by atoms with Crippen molar-refractivity contribution >= 4 is 18.0 Å². The molecule has 120 valence electrons. The van der Waals surface area contributed by atoms with E-state index in [-0.39, 0.29) is 17.9 Å². The summed E-state index contributed by atoms with van der Waals surface area (Å²) in [4.78, 5) is 12.0. The average Bonchev–Trinajstić information content (AvgIpc) is 3.12. The molecule has 2 fully saturated rings. The van der Waals surface area contributed by atoms with Gasteiger partial charge in [0.15, 0.2) is 5.78 Å². The van der Waals surface area contributed by atoms with Crippen LogP contribution in [0.15, 0.2) is 18.2 Å². The SMILES string of the molecule is Cc1cccc(-n2nnn([C@@H]3CC(=O)[C@H]4OC[C@@H]3O4)c2=S)c1C. The lowest BCUT2D eigenvalue weighted by molar-refractivity contribution is -0.156. The highest BCUT2D eigenvalue weighted by molar-refractivity contribution is 7.71. The molecule has 1 aromatic heterocycles. The third-order valence-electron chi connectivity index (χ3n) is 4.53. The van der Waals surface area contributed by atoms with Gasteiger partial charge < -0.3 is 9.47 Å². The summed E-state index contributed by atoms with van der Waals surface area (Å²) in [5.74, 6) is -0.0769. The number of carbonyl (C=O) groups excluding carboxylic acids is 1. The summed E-state index contributed by atoms with van der Waals surface area (Å²) < 4.78 is 14.6. The van der Waals surface area contributed by atoms with Gasteiger partial charge in [0.2, 0.25) is 11.1 Å². The molecule has 0 radical (unpaired) electrons. The number of hydrogen-bond donors (Lipinski definition) is 0. The quantitative estimate of drug-likeness (QED) is 0.779. The largest absolute Gasteiger partial charge is 0.343 e. The van der Waals surface area contributed by atoms with Gasteiger partial charge in [0, 0.05) is 6.42 Å². The molecule has 2 aromatic rings. The number of hydrogen-bond acceptors (Lipinski definition) is 6. The monoisotopic (exact) mass is 332 g/mol. The molecule has 0 unspecified atom stereocenters. The van der Waals surface area contributed by atoms with E-state index in [9.17, 15) is 4.79 Å². The van der Waals surface area contributed by atoms with Crippen LogP contribution in [0, 0.1) is 18.6 Å². The Kier molecular flexibility index (Phi) is 3.40. The second kappa shape index (κ2) is 5.33. The summed E-state index contributed by atoms with van der Waals surface area (Å²) in [5, 5.41) is 8.36. The first-order chi connectivity index (χ1) is 11.1. The molecule has 3 heterocycles. The number of nitrogens with zero attached hydrogens (tertiary/aromatic N) is 4. The van der Waals surface area contributed by atoms with Gasteiger partial charge in [0.1, 0.15) is 6.10 Å². The Balaban J connectivity index is 1.76. The molecule has 0 N–H and O–H groups in total. The average molecular weight is 332 g/mol. The predicted molar refractivity (Wildman–Crippen MR) is 82.9 cm³/mol. The van der Waals surface area contributed by atoms with Crippen molar-refractivity contribution < 1.29 is 14.3 Å². The molecule has 2 saturated heterocycles. The normalized spacial score (nSPS) is 26.7. The molecule has 3 atom stereocenters. The lowest BCUT2D eigenvalue weighted by Crippen LogP contribution is -2.37. The van der Waals surface area contributed by atoms with E-state index in [1.165, 1.54) is 0 Å². The van der Waals surface area contributed by atoms with E-state index in [1.807, 2.05) is 32.0 Å². The zero-order valence-corrected chi connectivity index (χ0v) is 13.6. The van der Waals surface area contributed by atoms with Gasteiger partial charge in [-0.15, -0.1) is 0 Å². The Morgan fingerprint density at radius 3 is 2.96 bits per heavy atom. The third-order valence-corrected chi connectivity index (χ3v) is 4.89. The highest BCUT2D eigenvalue weighted by Gasteiger charge is 2.45. The number of ketones is 1. The predicted octanol–water partition coefficient (Wildman–Crippen LogP) is 1.67. The number of carbonyl (C=O) groups is 1. The molecule has 7 nitrogen and oxygen atoms in total. The van der Waals surface area contributed by atoms with Crippen molar-refractivity contribution in [1.82, 2.24) is 19.8 Å². The van der Waals surface area contributed by atoms with E-state index < -0.39 is 6.29 Å². The van der Waals surface area contributed by atoms with Crippen molar-refractivity contribution in [3.05, 3.63) is 34.1 Å². The minimum atomic E-state index is -0.723. The summed E-state index contributed by atoms with van der Waals surface area (Å²) in [6.45, 7) is 4.43. The zero-order valence-electron chi connectivity index (χ0n) is 12.8. The molecule has 0 saturated carbocycles. The standard InChI is InChI=1S/C15H16N4O3S/c1-8-4-3-5-10(9(8)2)18-15(23)19(17-16-18)11-6-12(20)14-21-7-13(11)22-14/h3-5,11,13-14H,6-7H2,1-2H3/t11-,13+,14+/m1/s1. The Bertz CT molecular complexity index is 843. The van der Waals surface area contributed by atoms with E-state index in [0.717, 1.165) is 16.8 Å². The van der Waals surface area contributed by atoms with Crippen molar-refractivity contribution in [2.45, 2.75) is 38.7 Å². The molecule has 23 heavy (non-hydrogen) atoms. The van der Waals surface area contributed by atoms with E-state index in [0.29, 0.717) is 17.8 Å². The molecule has 8 heteroatoms. The topological polar surface area (TPSA) is 71.2 Å². The van der Waals surface area contributed by atoms with E-state index >= 15 is 0 Å². The van der Waals surface area contributed by atoms with E-state index in [1.54, 1.807) is 9.36 Å². The van der Waals surface area contributed by atoms with Crippen molar-refractivity contribution in [1.29, 1.82) is 0 Å². The smallest absolute Gasteiger partial charge is 0.221 e. The fourth-order valence-electron chi connectivity index (χ4n) is 3.05. The number of aryl methyl sites for hydroxylation is 1. The first kappa shape index (κ1) is 14.7. The Morgan fingerprint density at radius 1 is 1.30 bits per heavy atom. The summed E-state index contributed by atoms with van der Waals surface area (Å²) in [6, 6.07) is 5.68. The van der Waals surface area contributed by atoms with E-state index in [4.69, 9.17) is 21.7 Å². The number of aromatic nitrogens is 4. The van der Waals surface area contributed by atoms with Crippen LogP contribution in [0.3, 0.4) is 0 Å². The van der Waals surface area contributed by atoms with Crippen molar-refractivity contribution in [3.8, 4) is 5.69 Å². The number of Topliss-reactive ketones (excluding diaryl/α,β-unsaturated/α-hetero) is 1. The van der Waals surface area contributed by atoms with Gasteiger partial charge in [-0.1, -0.05) is 12.1 Å². The van der Waals surface area contributed by atoms with Crippen LogP contribution in [0.1, 0.15) is 23.6 Å². The van der Waals surface area contributed by atoms with Crippen molar-refractivity contribution in [2.75, 3.05) is 6.61 Å². The fourth-order valence-corrected chi connectivity index (χ4v) is 3.36. The molecular formula is C15H16N4O3S. The van der Waals surface area contributed by atoms with Gasteiger partial charge in [-0.25, -0.2) is 4.68 Å². The van der Waals surface area contributed by atoms with Crippen LogP contribution in [-0.2, 0) is 14.3 Å².